The monoisotopic (exact) mass is 290 g/mol. The molecule has 6 heteroatoms. The van der Waals surface area contributed by atoms with Crippen LogP contribution in [0.1, 0.15) is 51.5 Å². The molecule has 2 amide bonds. The van der Waals surface area contributed by atoms with Gasteiger partial charge in [-0.05, 0) is 26.2 Å². The smallest absolute Gasteiger partial charge is 0.248 e. The summed E-state index contributed by atoms with van der Waals surface area (Å²) in [5.41, 5.74) is 0. The second-order valence-electron chi connectivity index (χ2n) is 5.96. The van der Waals surface area contributed by atoms with Gasteiger partial charge in [-0.3, -0.25) is 9.59 Å². The van der Waals surface area contributed by atoms with Gasteiger partial charge in [-0.2, -0.15) is 5.10 Å². The Morgan fingerprint density at radius 2 is 2.14 bits per heavy atom. The topological polar surface area (TPSA) is 67.2 Å². The number of anilines is 1. The van der Waals surface area contributed by atoms with Gasteiger partial charge in [0, 0.05) is 19.0 Å². The third-order valence-corrected chi connectivity index (χ3v) is 4.55. The SMILES string of the molecule is CC(C(=O)Nc1ccnn1C1CCCC1)N1CCCC1=O. The minimum Gasteiger partial charge on any atom is -0.331 e. The lowest BCUT2D eigenvalue weighted by Gasteiger charge is -2.24. The Kier molecular flexibility index (Phi) is 3.94. The molecule has 1 aliphatic carbocycles. The molecule has 21 heavy (non-hydrogen) atoms. The molecule has 0 spiro atoms. The van der Waals surface area contributed by atoms with Crippen molar-refractivity contribution in [3.8, 4) is 0 Å². The Balaban J connectivity index is 1.67. The van der Waals surface area contributed by atoms with E-state index in [4.69, 9.17) is 0 Å². The Labute approximate surface area is 124 Å². The van der Waals surface area contributed by atoms with Crippen molar-refractivity contribution in [3.05, 3.63) is 12.3 Å². The zero-order valence-corrected chi connectivity index (χ0v) is 12.4. The fourth-order valence-corrected chi connectivity index (χ4v) is 3.30. The first kappa shape index (κ1) is 14.1. The summed E-state index contributed by atoms with van der Waals surface area (Å²) in [4.78, 5) is 25.7. The molecule has 1 aliphatic heterocycles. The van der Waals surface area contributed by atoms with E-state index in [1.165, 1.54) is 12.8 Å². The van der Waals surface area contributed by atoms with Crippen molar-refractivity contribution in [1.29, 1.82) is 0 Å². The van der Waals surface area contributed by atoms with Gasteiger partial charge in [0.15, 0.2) is 0 Å². The second-order valence-corrected chi connectivity index (χ2v) is 5.96. The van der Waals surface area contributed by atoms with Gasteiger partial charge in [-0.25, -0.2) is 4.68 Å². The van der Waals surface area contributed by atoms with E-state index in [1.807, 2.05) is 10.7 Å². The summed E-state index contributed by atoms with van der Waals surface area (Å²) in [7, 11) is 0. The zero-order chi connectivity index (χ0) is 14.8. The van der Waals surface area contributed by atoms with Crippen molar-refractivity contribution >= 4 is 17.6 Å². The van der Waals surface area contributed by atoms with Crippen molar-refractivity contribution in [1.82, 2.24) is 14.7 Å². The van der Waals surface area contributed by atoms with Crippen LogP contribution in [0.2, 0.25) is 0 Å². The number of aromatic nitrogens is 2. The Hall–Kier alpha value is -1.85. The lowest BCUT2D eigenvalue weighted by Crippen LogP contribution is -2.42. The Morgan fingerprint density at radius 1 is 1.38 bits per heavy atom. The van der Waals surface area contributed by atoms with E-state index in [2.05, 4.69) is 10.4 Å². The van der Waals surface area contributed by atoms with Gasteiger partial charge >= 0.3 is 0 Å². The quantitative estimate of drug-likeness (QED) is 0.921. The number of carbonyl (C=O) groups excluding carboxylic acids is 2. The molecule has 1 unspecified atom stereocenters. The zero-order valence-electron chi connectivity index (χ0n) is 12.4. The molecule has 3 rings (SSSR count). The molecule has 6 nitrogen and oxygen atoms in total. The molecule has 0 bridgehead atoms. The number of nitrogens with zero attached hydrogens (tertiary/aromatic N) is 3. The van der Waals surface area contributed by atoms with Gasteiger partial charge in [-0.15, -0.1) is 0 Å². The van der Waals surface area contributed by atoms with E-state index < -0.39 is 6.04 Å². The van der Waals surface area contributed by atoms with Gasteiger partial charge in [0.2, 0.25) is 11.8 Å². The maximum Gasteiger partial charge on any atom is 0.248 e. The molecule has 1 atom stereocenters. The van der Waals surface area contributed by atoms with Gasteiger partial charge in [0.05, 0.1) is 12.2 Å². The van der Waals surface area contributed by atoms with Crippen LogP contribution in [0.5, 0.6) is 0 Å². The van der Waals surface area contributed by atoms with Crippen LogP contribution < -0.4 is 5.32 Å². The van der Waals surface area contributed by atoms with E-state index in [1.54, 1.807) is 18.0 Å². The Morgan fingerprint density at radius 3 is 2.81 bits per heavy atom. The first-order valence-corrected chi connectivity index (χ1v) is 7.80. The maximum absolute atomic E-state index is 12.4. The summed E-state index contributed by atoms with van der Waals surface area (Å²) in [5, 5.41) is 7.28. The minimum atomic E-state index is -0.424. The largest absolute Gasteiger partial charge is 0.331 e. The lowest BCUT2D eigenvalue weighted by molar-refractivity contribution is -0.134. The highest BCUT2D eigenvalue weighted by Crippen LogP contribution is 2.31. The number of hydrogen-bond acceptors (Lipinski definition) is 3. The van der Waals surface area contributed by atoms with E-state index in [0.717, 1.165) is 25.1 Å². The number of nitrogens with one attached hydrogen (secondary N) is 1. The predicted octanol–water partition coefficient (Wildman–Crippen LogP) is 1.95. The summed E-state index contributed by atoms with van der Waals surface area (Å²) in [6.07, 6.45) is 7.79. The maximum atomic E-state index is 12.4. The summed E-state index contributed by atoms with van der Waals surface area (Å²) in [6, 6.07) is 1.79. The summed E-state index contributed by atoms with van der Waals surface area (Å²) < 4.78 is 1.92. The van der Waals surface area contributed by atoms with Crippen LogP contribution in [0.4, 0.5) is 5.82 Å². The first-order chi connectivity index (χ1) is 10.2. The van der Waals surface area contributed by atoms with Crippen molar-refractivity contribution in [2.75, 3.05) is 11.9 Å². The van der Waals surface area contributed by atoms with E-state index >= 15 is 0 Å². The van der Waals surface area contributed by atoms with Crippen molar-refractivity contribution in [2.24, 2.45) is 0 Å². The number of amides is 2. The summed E-state index contributed by atoms with van der Waals surface area (Å²) in [5.74, 6) is 0.678. The number of likely N-dealkylation sites (tertiary alicyclic amines) is 1. The van der Waals surface area contributed by atoms with Crippen LogP contribution >= 0.6 is 0 Å². The number of carbonyl (C=O) groups is 2. The van der Waals surface area contributed by atoms with Gasteiger partial charge in [-0.1, -0.05) is 12.8 Å². The molecule has 2 aliphatic rings. The minimum absolute atomic E-state index is 0.0713. The van der Waals surface area contributed by atoms with E-state index in [9.17, 15) is 9.59 Å². The van der Waals surface area contributed by atoms with Crippen LogP contribution in [0.3, 0.4) is 0 Å². The molecule has 0 radical (unpaired) electrons. The van der Waals surface area contributed by atoms with Gasteiger partial charge < -0.3 is 10.2 Å². The molecule has 1 aromatic heterocycles. The average molecular weight is 290 g/mol. The van der Waals surface area contributed by atoms with Gasteiger partial charge in [0.1, 0.15) is 11.9 Å². The van der Waals surface area contributed by atoms with Crippen LogP contribution in [-0.2, 0) is 9.59 Å². The van der Waals surface area contributed by atoms with Crippen molar-refractivity contribution in [2.45, 2.75) is 57.5 Å². The molecular weight excluding hydrogens is 268 g/mol. The Bertz CT molecular complexity index is 534. The van der Waals surface area contributed by atoms with E-state index in [0.29, 0.717) is 19.0 Å². The third-order valence-electron chi connectivity index (χ3n) is 4.55. The molecule has 114 valence electrons. The summed E-state index contributed by atoms with van der Waals surface area (Å²) >= 11 is 0. The van der Waals surface area contributed by atoms with E-state index in [-0.39, 0.29) is 11.8 Å². The van der Waals surface area contributed by atoms with Crippen LogP contribution in [0.25, 0.3) is 0 Å². The molecule has 1 aromatic rings. The third kappa shape index (κ3) is 2.80. The molecule has 2 fully saturated rings. The standard InChI is InChI=1S/C15H22N4O2/c1-11(18-10-4-7-14(18)20)15(21)17-13-8-9-16-19(13)12-5-2-3-6-12/h8-9,11-12H,2-7,10H2,1H3,(H,17,21). The van der Waals surface area contributed by atoms with Gasteiger partial charge in [0.25, 0.3) is 0 Å². The van der Waals surface area contributed by atoms with Crippen molar-refractivity contribution < 1.29 is 9.59 Å². The summed E-state index contributed by atoms with van der Waals surface area (Å²) in [6.45, 7) is 2.46. The van der Waals surface area contributed by atoms with Crippen LogP contribution in [0, 0.1) is 0 Å². The molecule has 1 saturated heterocycles. The highest BCUT2D eigenvalue weighted by molar-refractivity contribution is 5.96. The van der Waals surface area contributed by atoms with Crippen molar-refractivity contribution in [3.63, 3.8) is 0 Å². The van der Waals surface area contributed by atoms with Crippen LogP contribution in [-0.4, -0.2) is 39.1 Å². The lowest BCUT2D eigenvalue weighted by atomic mass is 10.2. The number of hydrogen-bond donors (Lipinski definition) is 1. The molecule has 1 N–H and O–H groups in total. The second kappa shape index (κ2) is 5.87. The molecular formula is C15H22N4O2. The predicted molar refractivity (Wildman–Crippen MR) is 78.8 cm³/mol. The fraction of sp³-hybridized carbons (Fsp3) is 0.667. The fourth-order valence-electron chi connectivity index (χ4n) is 3.30. The highest BCUT2D eigenvalue weighted by atomic mass is 16.2. The van der Waals surface area contributed by atoms with Crippen LogP contribution in [0.15, 0.2) is 12.3 Å². The normalized spacial score (nSPS) is 21.0. The first-order valence-electron chi connectivity index (χ1n) is 7.80. The molecule has 1 saturated carbocycles. The molecule has 2 heterocycles. The average Bonchev–Trinajstić information content (AvgIpc) is 3.17. The highest BCUT2D eigenvalue weighted by Gasteiger charge is 2.30. The number of rotatable bonds is 4. The molecule has 0 aromatic carbocycles.